The number of aryl methyl sites for hydroxylation is 2. The summed E-state index contributed by atoms with van der Waals surface area (Å²) >= 11 is 0. The molecule has 7 heteroatoms. The molecule has 1 unspecified atom stereocenters. The number of furan rings is 1. The highest BCUT2D eigenvalue weighted by atomic mass is 16.6. The summed E-state index contributed by atoms with van der Waals surface area (Å²) < 4.78 is 10.9. The fourth-order valence-electron chi connectivity index (χ4n) is 2.13. The number of anilines is 1. The van der Waals surface area contributed by atoms with E-state index in [-0.39, 0.29) is 11.7 Å². The standard InChI is InChI=1S/C15H19N3O4/c1-4-11-5-6-14(22-11)12(9-21-3)17-15-7-10(2)13(8-16-15)18(19)20/h5-8,12H,4,9H2,1-3H3,(H,16,17). The van der Waals surface area contributed by atoms with Gasteiger partial charge in [0.2, 0.25) is 0 Å². The van der Waals surface area contributed by atoms with Gasteiger partial charge in [0.15, 0.2) is 0 Å². The first-order valence-electron chi connectivity index (χ1n) is 7.00. The number of hydrogen-bond acceptors (Lipinski definition) is 6. The van der Waals surface area contributed by atoms with Crippen LogP contribution in [0.1, 0.15) is 30.0 Å². The van der Waals surface area contributed by atoms with Crippen molar-refractivity contribution in [1.29, 1.82) is 0 Å². The molecule has 7 nitrogen and oxygen atoms in total. The first-order chi connectivity index (χ1) is 10.5. The Hall–Kier alpha value is -2.41. The molecule has 0 aliphatic heterocycles. The molecule has 22 heavy (non-hydrogen) atoms. The molecule has 0 saturated heterocycles. The van der Waals surface area contributed by atoms with E-state index in [1.807, 2.05) is 19.1 Å². The maximum atomic E-state index is 10.8. The monoisotopic (exact) mass is 305 g/mol. The molecule has 0 radical (unpaired) electrons. The van der Waals surface area contributed by atoms with E-state index >= 15 is 0 Å². The highest BCUT2D eigenvalue weighted by Crippen LogP contribution is 2.24. The van der Waals surface area contributed by atoms with Crippen LogP contribution in [0.2, 0.25) is 0 Å². The van der Waals surface area contributed by atoms with Crippen LogP contribution in [0.25, 0.3) is 0 Å². The molecular weight excluding hydrogens is 286 g/mol. The summed E-state index contributed by atoms with van der Waals surface area (Å²) in [4.78, 5) is 14.5. The van der Waals surface area contributed by atoms with E-state index in [1.54, 1.807) is 20.1 Å². The lowest BCUT2D eigenvalue weighted by Crippen LogP contribution is -2.16. The zero-order valence-electron chi connectivity index (χ0n) is 12.8. The number of nitro groups is 1. The van der Waals surface area contributed by atoms with Gasteiger partial charge in [-0.05, 0) is 25.1 Å². The summed E-state index contributed by atoms with van der Waals surface area (Å²) in [5.41, 5.74) is 0.549. The largest absolute Gasteiger partial charge is 0.464 e. The van der Waals surface area contributed by atoms with Gasteiger partial charge in [-0.15, -0.1) is 0 Å². The predicted octanol–water partition coefficient (Wildman–Crippen LogP) is 3.25. The van der Waals surface area contributed by atoms with Crippen molar-refractivity contribution in [2.75, 3.05) is 19.0 Å². The van der Waals surface area contributed by atoms with Crippen LogP contribution in [0.5, 0.6) is 0 Å². The maximum absolute atomic E-state index is 10.8. The van der Waals surface area contributed by atoms with E-state index in [2.05, 4.69) is 10.3 Å². The fraction of sp³-hybridized carbons (Fsp3) is 0.400. The summed E-state index contributed by atoms with van der Waals surface area (Å²) in [5, 5.41) is 14.0. The minimum absolute atomic E-state index is 0.000101. The molecule has 0 saturated carbocycles. The summed E-state index contributed by atoms with van der Waals surface area (Å²) in [7, 11) is 1.60. The zero-order valence-corrected chi connectivity index (χ0v) is 12.8. The number of nitrogens with one attached hydrogen (secondary N) is 1. The predicted molar refractivity (Wildman–Crippen MR) is 82.0 cm³/mol. The number of nitrogens with zero attached hydrogens (tertiary/aromatic N) is 2. The van der Waals surface area contributed by atoms with Gasteiger partial charge in [0.05, 0.1) is 11.5 Å². The Morgan fingerprint density at radius 1 is 1.50 bits per heavy atom. The average molecular weight is 305 g/mol. The fourth-order valence-corrected chi connectivity index (χ4v) is 2.13. The molecule has 2 aromatic rings. The molecule has 0 amide bonds. The average Bonchev–Trinajstić information content (AvgIpc) is 2.95. The van der Waals surface area contributed by atoms with Gasteiger partial charge in [0.25, 0.3) is 5.69 Å². The summed E-state index contributed by atoms with van der Waals surface area (Å²) in [6.45, 7) is 4.09. The van der Waals surface area contributed by atoms with Crippen molar-refractivity contribution in [2.24, 2.45) is 0 Å². The van der Waals surface area contributed by atoms with E-state index < -0.39 is 4.92 Å². The molecule has 0 fully saturated rings. The first-order valence-corrected chi connectivity index (χ1v) is 7.00. The lowest BCUT2D eigenvalue weighted by atomic mass is 10.2. The molecule has 0 aliphatic carbocycles. The van der Waals surface area contributed by atoms with Gasteiger partial charge in [-0.2, -0.15) is 0 Å². The van der Waals surface area contributed by atoms with Crippen LogP contribution in [-0.4, -0.2) is 23.6 Å². The molecule has 1 atom stereocenters. The zero-order chi connectivity index (χ0) is 16.1. The number of ether oxygens (including phenoxy) is 1. The van der Waals surface area contributed by atoms with Gasteiger partial charge in [-0.1, -0.05) is 6.92 Å². The van der Waals surface area contributed by atoms with E-state index in [4.69, 9.17) is 9.15 Å². The van der Waals surface area contributed by atoms with Crippen LogP contribution >= 0.6 is 0 Å². The third-order valence-electron chi connectivity index (χ3n) is 3.31. The highest BCUT2D eigenvalue weighted by Gasteiger charge is 2.18. The normalized spacial score (nSPS) is 12.1. The van der Waals surface area contributed by atoms with E-state index in [0.717, 1.165) is 17.9 Å². The lowest BCUT2D eigenvalue weighted by Gasteiger charge is -2.16. The van der Waals surface area contributed by atoms with Crippen molar-refractivity contribution >= 4 is 11.5 Å². The van der Waals surface area contributed by atoms with Crippen LogP contribution in [0.15, 0.2) is 28.8 Å². The summed E-state index contributed by atoms with van der Waals surface area (Å²) in [6.07, 6.45) is 2.07. The molecule has 2 aromatic heterocycles. The number of methoxy groups -OCH3 is 1. The highest BCUT2D eigenvalue weighted by molar-refractivity contribution is 5.47. The van der Waals surface area contributed by atoms with Crippen molar-refractivity contribution in [3.63, 3.8) is 0 Å². The van der Waals surface area contributed by atoms with Crippen LogP contribution in [0.4, 0.5) is 11.5 Å². The van der Waals surface area contributed by atoms with Crippen molar-refractivity contribution in [3.8, 4) is 0 Å². The number of rotatable bonds is 7. The second-order valence-electron chi connectivity index (χ2n) is 4.92. The SMILES string of the molecule is CCc1ccc(C(COC)Nc2cc(C)c([N+](=O)[O-])cn2)o1. The van der Waals surface area contributed by atoms with Crippen LogP contribution in [0.3, 0.4) is 0 Å². The molecule has 118 valence electrons. The topological polar surface area (TPSA) is 90.4 Å². The minimum atomic E-state index is -0.446. The molecule has 2 heterocycles. The Labute approximate surface area is 128 Å². The quantitative estimate of drug-likeness (QED) is 0.623. The van der Waals surface area contributed by atoms with Crippen LogP contribution in [0, 0.1) is 17.0 Å². The number of hydrogen-bond donors (Lipinski definition) is 1. The molecule has 0 bridgehead atoms. The molecular formula is C15H19N3O4. The van der Waals surface area contributed by atoms with Crippen molar-refractivity contribution in [2.45, 2.75) is 26.3 Å². The summed E-state index contributed by atoms with van der Waals surface area (Å²) in [5.74, 6) is 2.18. The summed E-state index contributed by atoms with van der Waals surface area (Å²) in [6, 6.07) is 5.26. The maximum Gasteiger partial charge on any atom is 0.290 e. The van der Waals surface area contributed by atoms with Crippen LogP contribution in [-0.2, 0) is 11.2 Å². The smallest absolute Gasteiger partial charge is 0.290 e. The molecule has 0 aliphatic rings. The number of aromatic nitrogens is 1. The van der Waals surface area contributed by atoms with Gasteiger partial charge in [0, 0.05) is 19.1 Å². The lowest BCUT2D eigenvalue weighted by molar-refractivity contribution is -0.385. The minimum Gasteiger partial charge on any atom is -0.464 e. The first kappa shape index (κ1) is 16.0. The number of pyridine rings is 1. The van der Waals surface area contributed by atoms with Gasteiger partial charge in [0.1, 0.15) is 29.6 Å². The Kier molecular flexibility index (Phi) is 5.11. The third kappa shape index (κ3) is 3.62. The Bertz CT molecular complexity index is 654. The van der Waals surface area contributed by atoms with Crippen LogP contribution < -0.4 is 5.32 Å². The van der Waals surface area contributed by atoms with Gasteiger partial charge in [-0.3, -0.25) is 10.1 Å². The molecule has 2 rings (SSSR count). The second-order valence-corrected chi connectivity index (χ2v) is 4.92. The van der Waals surface area contributed by atoms with Crippen molar-refractivity contribution in [1.82, 2.24) is 4.98 Å². The Morgan fingerprint density at radius 2 is 2.27 bits per heavy atom. The van der Waals surface area contributed by atoms with E-state index in [9.17, 15) is 10.1 Å². The van der Waals surface area contributed by atoms with Crippen molar-refractivity contribution in [3.05, 3.63) is 51.6 Å². The third-order valence-corrected chi connectivity index (χ3v) is 3.31. The van der Waals surface area contributed by atoms with Gasteiger partial charge < -0.3 is 14.5 Å². The molecule has 0 aromatic carbocycles. The van der Waals surface area contributed by atoms with Crippen molar-refractivity contribution < 1.29 is 14.1 Å². The van der Waals surface area contributed by atoms with Gasteiger partial charge in [-0.25, -0.2) is 4.98 Å². The van der Waals surface area contributed by atoms with Gasteiger partial charge >= 0.3 is 0 Å². The van der Waals surface area contributed by atoms with E-state index in [0.29, 0.717) is 18.0 Å². The van der Waals surface area contributed by atoms with E-state index in [1.165, 1.54) is 6.20 Å². The Morgan fingerprint density at radius 3 is 2.82 bits per heavy atom. The molecule has 0 spiro atoms. The second kappa shape index (κ2) is 7.04. The Balaban J connectivity index is 2.20. The molecule has 1 N–H and O–H groups in total.